The Morgan fingerprint density at radius 2 is 1.41 bits per heavy atom. The van der Waals surface area contributed by atoms with Crippen LogP contribution in [-0.2, 0) is 32.6 Å². The molecule has 46 heavy (non-hydrogen) atoms. The van der Waals surface area contributed by atoms with Gasteiger partial charge in [-0.3, -0.25) is 13.9 Å². The first-order chi connectivity index (χ1) is 22.2. The SMILES string of the molecule is Cc1ccc(CN(C(=O)CN(c2ccc(Cl)cc2)S(=O)(=O)c2ccccc2)[C@H](Cc2ccccc2)C(=O)NC2CCCCC2)cc1. The Balaban J connectivity index is 1.55. The summed E-state index contributed by atoms with van der Waals surface area (Å²) in [5.74, 6) is -0.727. The fourth-order valence-electron chi connectivity index (χ4n) is 5.84. The first-order valence-corrected chi connectivity index (χ1v) is 17.6. The van der Waals surface area contributed by atoms with Crippen LogP contribution in [0.15, 0.2) is 114 Å². The summed E-state index contributed by atoms with van der Waals surface area (Å²) in [7, 11) is -4.16. The number of benzene rings is 4. The van der Waals surface area contributed by atoms with Crippen LogP contribution in [0, 0.1) is 6.92 Å². The minimum atomic E-state index is -4.16. The van der Waals surface area contributed by atoms with Gasteiger partial charge in [-0.25, -0.2) is 8.42 Å². The molecule has 9 heteroatoms. The Hall–Kier alpha value is -4.14. The second kappa shape index (κ2) is 15.4. The number of halogens is 1. The van der Waals surface area contributed by atoms with Crippen LogP contribution in [0.1, 0.15) is 48.8 Å². The third-order valence-corrected chi connectivity index (χ3v) is 10.5. The number of rotatable bonds is 12. The summed E-state index contributed by atoms with van der Waals surface area (Å²) in [6.45, 7) is 1.61. The van der Waals surface area contributed by atoms with E-state index >= 15 is 0 Å². The largest absolute Gasteiger partial charge is 0.352 e. The molecule has 1 saturated carbocycles. The normalized spacial score (nSPS) is 14.3. The average molecular weight is 658 g/mol. The lowest BCUT2D eigenvalue weighted by Gasteiger charge is -2.35. The summed E-state index contributed by atoms with van der Waals surface area (Å²) < 4.78 is 29.2. The van der Waals surface area contributed by atoms with Crippen molar-refractivity contribution in [2.45, 2.75) is 69.0 Å². The van der Waals surface area contributed by atoms with E-state index in [1.165, 1.54) is 12.1 Å². The third-order valence-electron chi connectivity index (χ3n) is 8.42. The van der Waals surface area contributed by atoms with Gasteiger partial charge < -0.3 is 10.2 Å². The second-order valence-corrected chi connectivity index (χ2v) is 14.2. The molecule has 0 bridgehead atoms. The highest BCUT2D eigenvalue weighted by atomic mass is 35.5. The maximum atomic E-state index is 14.6. The molecule has 0 radical (unpaired) electrons. The van der Waals surface area contributed by atoms with Crippen LogP contribution in [0.4, 0.5) is 5.69 Å². The number of nitrogens with one attached hydrogen (secondary N) is 1. The number of anilines is 1. The van der Waals surface area contributed by atoms with Crippen molar-refractivity contribution in [3.05, 3.63) is 131 Å². The topological polar surface area (TPSA) is 86.8 Å². The van der Waals surface area contributed by atoms with E-state index in [0.717, 1.165) is 53.1 Å². The predicted octanol–water partition coefficient (Wildman–Crippen LogP) is 6.93. The zero-order valence-electron chi connectivity index (χ0n) is 26.0. The standard InChI is InChI=1S/C37H40ClN3O4S/c1-28-17-19-30(20-18-28)26-40(35(25-29-11-5-2-6-12-29)37(43)39-32-13-7-3-8-14-32)36(42)27-41(33-23-21-31(38)22-24-33)46(44,45)34-15-9-4-10-16-34/h2,4-6,9-12,15-24,32,35H,3,7-8,13-14,25-27H2,1H3,(H,39,43)/t35-/m1/s1. The summed E-state index contributed by atoms with van der Waals surface area (Å²) in [6.07, 6.45) is 5.32. The van der Waals surface area contributed by atoms with Crippen LogP contribution in [-0.4, -0.2) is 43.8 Å². The van der Waals surface area contributed by atoms with Gasteiger partial charge in [-0.1, -0.05) is 109 Å². The van der Waals surface area contributed by atoms with Crippen molar-refractivity contribution >= 4 is 39.1 Å². The van der Waals surface area contributed by atoms with E-state index in [-0.39, 0.29) is 29.8 Å². The number of sulfonamides is 1. The molecule has 1 aliphatic rings. The molecule has 1 atom stereocenters. The number of amides is 2. The van der Waals surface area contributed by atoms with Crippen LogP contribution in [0.25, 0.3) is 0 Å². The summed E-state index contributed by atoms with van der Waals surface area (Å²) in [5, 5.41) is 3.68. The maximum absolute atomic E-state index is 14.6. The van der Waals surface area contributed by atoms with Crippen molar-refractivity contribution in [1.82, 2.24) is 10.2 Å². The number of carbonyl (C=O) groups is 2. The average Bonchev–Trinajstić information content (AvgIpc) is 3.07. The van der Waals surface area contributed by atoms with Gasteiger partial charge in [0.15, 0.2) is 0 Å². The molecule has 5 rings (SSSR count). The Bertz CT molecular complexity index is 1690. The monoisotopic (exact) mass is 657 g/mol. The molecule has 0 spiro atoms. The molecule has 1 N–H and O–H groups in total. The highest BCUT2D eigenvalue weighted by Crippen LogP contribution is 2.27. The number of hydrogen-bond acceptors (Lipinski definition) is 4. The van der Waals surface area contributed by atoms with Crippen LogP contribution in [0.5, 0.6) is 0 Å². The van der Waals surface area contributed by atoms with Crippen molar-refractivity contribution in [3.63, 3.8) is 0 Å². The number of hydrogen-bond donors (Lipinski definition) is 1. The van der Waals surface area contributed by atoms with Crippen LogP contribution < -0.4 is 9.62 Å². The Morgan fingerprint density at radius 3 is 2.04 bits per heavy atom. The summed E-state index contributed by atoms with van der Waals surface area (Å²) in [4.78, 5) is 30.3. The lowest BCUT2D eigenvalue weighted by atomic mass is 9.94. The fraction of sp³-hybridized carbons (Fsp3) is 0.297. The molecular formula is C37H40ClN3O4S. The van der Waals surface area contributed by atoms with Gasteiger partial charge in [0.2, 0.25) is 11.8 Å². The van der Waals surface area contributed by atoms with Gasteiger partial charge >= 0.3 is 0 Å². The van der Waals surface area contributed by atoms with Crippen molar-refractivity contribution in [1.29, 1.82) is 0 Å². The molecule has 1 aliphatic carbocycles. The van der Waals surface area contributed by atoms with E-state index < -0.39 is 28.5 Å². The fourth-order valence-corrected chi connectivity index (χ4v) is 7.41. The Kier molecular flexibility index (Phi) is 11.1. The molecule has 240 valence electrons. The van der Waals surface area contributed by atoms with Crippen molar-refractivity contribution in [2.24, 2.45) is 0 Å². The molecule has 0 aromatic heterocycles. The maximum Gasteiger partial charge on any atom is 0.264 e. The molecule has 4 aromatic carbocycles. The molecule has 2 amide bonds. The van der Waals surface area contributed by atoms with Gasteiger partial charge in [0.25, 0.3) is 10.0 Å². The number of carbonyl (C=O) groups excluding carboxylic acids is 2. The number of nitrogens with zero attached hydrogens (tertiary/aromatic N) is 2. The van der Waals surface area contributed by atoms with Crippen LogP contribution in [0.3, 0.4) is 0 Å². The van der Waals surface area contributed by atoms with E-state index in [1.54, 1.807) is 47.4 Å². The van der Waals surface area contributed by atoms with Crippen molar-refractivity contribution in [2.75, 3.05) is 10.8 Å². The molecule has 0 saturated heterocycles. The predicted molar refractivity (Wildman–Crippen MR) is 183 cm³/mol. The van der Waals surface area contributed by atoms with Crippen LogP contribution >= 0.6 is 11.6 Å². The molecule has 0 aliphatic heterocycles. The van der Waals surface area contributed by atoms with Crippen molar-refractivity contribution < 1.29 is 18.0 Å². The molecular weight excluding hydrogens is 618 g/mol. The van der Waals surface area contributed by atoms with Crippen LogP contribution in [0.2, 0.25) is 5.02 Å². The molecule has 0 unspecified atom stereocenters. The quantitative estimate of drug-likeness (QED) is 0.179. The van der Waals surface area contributed by atoms with E-state index in [1.807, 2.05) is 61.5 Å². The molecule has 7 nitrogen and oxygen atoms in total. The number of aryl methyl sites for hydroxylation is 1. The zero-order valence-corrected chi connectivity index (χ0v) is 27.6. The van der Waals surface area contributed by atoms with E-state index in [2.05, 4.69) is 5.32 Å². The highest BCUT2D eigenvalue weighted by molar-refractivity contribution is 7.92. The van der Waals surface area contributed by atoms with Crippen molar-refractivity contribution in [3.8, 4) is 0 Å². The van der Waals surface area contributed by atoms with Gasteiger partial charge in [-0.2, -0.15) is 0 Å². The smallest absolute Gasteiger partial charge is 0.264 e. The minimum Gasteiger partial charge on any atom is -0.352 e. The first kappa shape index (κ1) is 33.2. The van der Waals surface area contributed by atoms with Gasteiger partial charge in [-0.05, 0) is 67.3 Å². The Morgan fingerprint density at radius 1 is 0.804 bits per heavy atom. The second-order valence-electron chi connectivity index (χ2n) is 11.9. The summed E-state index contributed by atoms with van der Waals surface area (Å²) >= 11 is 6.15. The lowest BCUT2D eigenvalue weighted by Crippen LogP contribution is -2.55. The third kappa shape index (κ3) is 8.56. The summed E-state index contributed by atoms with van der Waals surface area (Å²) in [6, 6.07) is 31.0. The highest BCUT2D eigenvalue weighted by Gasteiger charge is 2.35. The lowest BCUT2D eigenvalue weighted by molar-refractivity contribution is -0.140. The first-order valence-electron chi connectivity index (χ1n) is 15.7. The molecule has 0 heterocycles. The summed E-state index contributed by atoms with van der Waals surface area (Å²) in [5.41, 5.74) is 3.11. The molecule has 4 aromatic rings. The van der Waals surface area contributed by atoms with E-state index in [0.29, 0.717) is 10.7 Å². The van der Waals surface area contributed by atoms with Gasteiger partial charge in [0, 0.05) is 24.0 Å². The minimum absolute atomic E-state index is 0.0416. The molecule has 1 fully saturated rings. The van der Waals surface area contributed by atoms with E-state index in [4.69, 9.17) is 11.6 Å². The van der Waals surface area contributed by atoms with Gasteiger partial charge in [0.05, 0.1) is 10.6 Å². The Labute approximate surface area is 277 Å². The van der Waals surface area contributed by atoms with Gasteiger partial charge in [0.1, 0.15) is 12.6 Å². The van der Waals surface area contributed by atoms with E-state index in [9.17, 15) is 18.0 Å². The van der Waals surface area contributed by atoms with Gasteiger partial charge in [-0.15, -0.1) is 0 Å². The zero-order chi connectivity index (χ0) is 32.5.